The molecule has 1 aromatic heterocycles. The molecule has 3 rings (SSSR count). The lowest BCUT2D eigenvalue weighted by Gasteiger charge is -2.06. The molecule has 0 amide bonds. The second-order valence-electron chi connectivity index (χ2n) is 4.77. The van der Waals surface area contributed by atoms with Gasteiger partial charge in [0, 0.05) is 11.3 Å². The quantitative estimate of drug-likeness (QED) is 0.707. The summed E-state index contributed by atoms with van der Waals surface area (Å²) >= 11 is 0. The fourth-order valence-corrected chi connectivity index (χ4v) is 2.10. The molecule has 0 bridgehead atoms. The van der Waals surface area contributed by atoms with Crippen LogP contribution in [0.1, 0.15) is 5.56 Å². The van der Waals surface area contributed by atoms with Crippen molar-refractivity contribution in [1.82, 2.24) is 20.2 Å². The number of hydrogen-bond acceptors (Lipinski definition) is 5. The standard InChI is InChI=1S/C15H13N5O2/c16-12-5-3-11(4-6-12)15-17-18-19-20(15)13-7-1-10(2-8-13)9-14(21)22/h1-8H,9,16H2,(H,21,22). The van der Waals surface area contributed by atoms with Crippen molar-refractivity contribution in [2.75, 3.05) is 5.73 Å². The Kier molecular flexibility index (Phi) is 3.53. The second kappa shape index (κ2) is 5.65. The number of aromatic nitrogens is 4. The van der Waals surface area contributed by atoms with Crippen molar-refractivity contribution < 1.29 is 9.90 Å². The maximum atomic E-state index is 10.7. The first-order chi connectivity index (χ1) is 10.6. The van der Waals surface area contributed by atoms with Gasteiger partial charge in [0.25, 0.3) is 0 Å². The minimum absolute atomic E-state index is 0.0132. The fourth-order valence-electron chi connectivity index (χ4n) is 2.10. The highest BCUT2D eigenvalue weighted by molar-refractivity contribution is 5.70. The minimum Gasteiger partial charge on any atom is -0.481 e. The highest BCUT2D eigenvalue weighted by atomic mass is 16.4. The van der Waals surface area contributed by atoms with Crippen LogP contribution in [0.2, 0.25) is 0 Å². The van der Waals surface area contributed by atoms with E-state index in [0.717, 1.165) is 16.8 Å². The average molecular weight is 295 g/mol. The first kappa shape index (κ1) is 13.7. The summed E-state index contributed by atoms with van der Waals surface area (Å²) < 4.78 is 1.59. The van der Waals surface area contributed by atoms with E-state index in [1.807, 2.05) is 12.1 Å². The number of carboxylic acid groups (broad SMARTS) is 1. The Balaban J connectivity index is 1.94. The van der Waals surface area contributed by atoms with Crippen LogP contribution in [-0.2, 0) is 11.2 Å². The van der Waals surface area contributed by atoms with Crippen molar-refractivity contribution in [2.24, 2.45) is 0 Å². The molecule has 0 spiro atoms. The van der Waals surface area contributed by atoms with E-state index in [9.17, 15) is 4.79 Å². The Morgan fingerprint density at radius 1 is 1.09 bits per heavy atom. The van der Waals surface area contributed by atoms with E-state index in [2.05, 4.69) is 15.5 Å². The third kappa shape index (κ3) is 2.78. The number of nitrogens with zero attached hydrogens (tertiary/aromatic N) is 4. The third-order valence-corrected chi connectivity index (χ3v) is 3.17. The lowest BCUT2D eigenvalue weighted by Crippen LogP contribution is -2.02. The van der Waals surface area contributed by atoms with Crippen LogP contribution in [0.25, 0.3) is 17.1 Å². The monoisotopic (exact) mass is 295 g/mol. The van der Waals surface area contributed by atoms with E-state index < -0.39 is 5.97 Å². The highest BCUT2D eigenvalue weighted by Gasteiger charge is 2.11. The number of hydrogen-bond donors (Lipinski definition) is 2. The van der Waals surface area contributed by atoms with Crippen LogP contribution in [-0.4, -0.2) is 31.3 Å². The van der Waals surface area contributed by atoms with Gasteiger partial charge in [-0.25, -0.2) is 0 Å². The zero-order chi connectivity index (χ0) is 15.5. The molecule has 0 saturated heterocycles. The van der Waals surface area contributed by atoms with E-state index in [1.54, 1.807) is 41.1 Å². The number of carbonyl (C=O) groups is 1. The van der Waals surface area contributed by atoms with Crippen molar-refractivity contribution in [3.8, 4) is 17.1 Å². The van der Waals surface area contributed by atoms with Gasteiger partial charge >= 0.3 is 5.97 Å². The normalized spacial score (nSPS) is 10.5. The molecule has 110 valence electrons. The molecule has 0 radical (unpaired) electrons. The number of aliphatic carboxylic acids is 1. The molecule has 7 nitrogen and oxygen atoms in total. The van der Waals surface area contributed by atoms with Gasteiger partial charge in [-0.1, -0.05) is 12.1 Å². The number of carboxylic acids is 1. The molecule has 0 saturated carbocycles. The maximum absolute atomic E-state index is 10.7. The minimum atomic E-state index is -0.863. The first-order valence-electron chi connectivity index (χ1n) is 6.59. The summed E-state index contributed by atoms with van der Waals surface area (Å²) in [7, 11) is 0. The number of nitrogens with two attached hydrogens (primary N) is 1. The van der Waals surface area contributed by atoms with Gasteiger partial charge in [0.1, 0.15) is 0 Å². The molecule has 1 heterocycles. The number of nitrogen functional groups attached to an aromatic ring is 1. The van der Waals surface area contributed by atoms with Crippen molar-refractivity contribution in [3.63, 3.8) is 0 Å². The summed E-state index contributed by atoms with van der Waals surface area (Å²) in [6.07, 6.45) is -0.0132. The van der Waals surface area contributed by atoms with Crippen LogP contribution in [0.15, 0.2) is 48.5 Å². The van der Waals surface area contributed by atoms with Crippen molar-refractivity contribution in [2.45, 2.75) is 6.42 Å². The molecular weight excluding hydrogens is 282 g/mol. The fraction of sp³-hybridized carbons (Fsp3) is 0.0667. The molecule has 0 aliphatic carbocycles. The van der Waals surface area contributed by atoms with Gasteiger partial charge in [-0.2, -0.15) is 4.68 Å². The van der Waals surface area contributed by atoms with E-state index in [4.69, 9.17) is 10.8 Å². The molecule has 2 aromatic carbocycles. The molecular formula is C15H13N5O2. The molecule has 22 heavy (non-hydrogen) atoms. The van der Waals surface area contributed by atoms with Gasteiger partial charge in [0.2, 0.25) is 0 Å². The zero-order valence-electron chi connectivity index (χ0n) is 11.5. The summed E-state index contributed by atoms with van der Waals surface area (Å²) in [5.41, 5.74) is 8.66. The van der Waals surface area contributed by atoms with Crippen LogP contribution in [0.5, 0.6) is 0 Å². The van der Waals surface area contributed by atoms with E-state index in [-0.39, 0.29) is 6.42 Å². The molecule has 3 aromatic rings. The molecule has 0 aliphatic rings. The van der Waals surface area contributed by atoms with Gasteiger partial charge in [-0.05, 0) is 52.4 Å². The molecule has 0 unspecified atom stereocenters. The van der Waals surface area contributed by atoms with Crippen LogP contribution in [0.3, 0.4) is 0 Å². The van der Waals surface area contributed by atoms with Crippen molar-refractivity contribution in [3.05, 3.63) is 54.1 Å². The lowest BCUT2D eigenvalue weighted by molar-refractivity contribution is -0.136. The highest BCUT2D eigenvalue weighted by Crippen LogP contribution is 2.20. The van der Waals surface area contributed by atoms with Crippen LogP contribution in [0, 0.1) is 0 Å². The summed E-state index contributed by atoms with van der Waals surface area (Å²) in [5.74, 6) is -0.274. The van der Waals surface area contributed by atoms with Crippen molar-refractivity contribution >= 4 is 11.7 Å². The summed E-state index contributed by atoms with van der Waals surface area (Å²) in [5, 5.41) is 20.5. The van der Waals surface area contributed by atoms with Gasteiger partial charge < -0.3 is 10.8 Å². The Labute approximate surface area is 126 Å². The van der Waals surface area contributed by atoms with Gasteiger partial charge in [0.15, 0.2) is 5.82 Å². The molecule has 0 fully saturated rings. The van der Waals surface area contributed by atoms with E-state index >= 15 is 0 Å². The number of rotatable bonds is 4. The molecule has 0 aliphatic heterocycles. The largest absolute Gasteiger partial charge is 0.481 e. The Morgan fingerprint density at radius 3 is 2.41 bits per heavy atom. The zero-order valence-corrected chi connectivity index (χ0v) is 11.5. The number of anilines is 1. The molecule has 3 N–H and O–H groups in total. The van der Waals surface area contributed by atoms with E-state index in [1.165, 1.54) is 0 Å². The Bertz CT molecular complexity index is 794. The SMILES string of the molecule is Nc1ccc(-c2nnnn2-c2ccc(CC(=O)O)cc2)cc1. The van der Waals surface area contributed by atoms with Crippen LogP contribution < -0.4 is 5.73 Å². The van der Waals surface area contributed by atoms with Gasteiger partial charge in [-0.3, -0.25) is 4.79 Å². The maximum Gasteiger partial charge on any atom is 0.307 e. The predicted molar refractivity (Wildman–Crippen MR) is 80.3 cm³/mol. The second-order valence-corrected chi connectivity index (χ2v) is 4.77. The lowest BCUT2D eigenvalue weighted by atomic mass is 10.1. The van der Waals surface area contributed by atoms with E-state index in [0.29, 0.717) is 11.5 Å². The number of benzene rings is 2. The summed E-state index contributed by atoms with van der Waals surface area (Å²) in [6, 6.07) is 14.3. The Morgan fingerprint density at radius 2 is 1.77 bits per heavy atom. The first-order valence-corrected chi connectivity index (χ1v) is 6.59. The molecule has 0 atom stereocenters. The summed E-state index contributed by atoms with van der Waals surface area (Å²) in [4.78, 5) is 10.7. The Hall–Kier alpha value is -3.22. The third-order valence-electron chi connectivity index (χ3n) is 3.17. The summed E-state index contributed by atoms with van der Waals surface area (Å²) in [6.45, 7) is 0. The number of tetrazole rings is 1. The van der Waals surface area contributed by atoms with Gasteiger partial charge in [0.05, 0.1) is 12.1 Å². The predicted octanol–water partition coefficient (Wildman–Crippen LogP) is 1.54. The molecule has 7 heteroatoms. The smallest absolute Gasteiger partial charge is 0.307 e. The van der Waals surface area contributed by atoms with Crippen LogP contribution in [0.4, 0.5) is 5.69 Å². The van der Waals surface area contributed by atoms with Crippen LogP contribution >= 0.6 is 0 Å². The topological polar surface area (TPSA) is 107 Å². The average Bonchev–Trinajstić information content (AvgIpc) is 2.97. The van der Waals surface area contributed by atoms with Crippen molar-refractivity contribution in [1.29, 1.82) is 0 Å². The van der Waals surface area contributed by atoms with Gasteiger partial charge in [-0.15, -0.1) is 5.10 Å².